The van der Waals surface area contributed by atoms with E-state index in [0.29, 0.717) is 11.5 Å². The minimum absolute atomic E-state index is 0.440. The Hall–Kier alpha value is -3.46. The van der Waals surface area contributed by atoms with Gasteiger partial charge in [-0.2, -0.15) is 0 Å². The first-order valence-corrected chi connectivity index (χ1v) is 10.1. The molecule has 0 bridgehead atoms. The summed E-state index contributed by atoms with van der Waals surface area (Å²) in [7, 11) is 1.92. The van der Waals surface area contributed by atoms with Crippen molar-refractivity contribution >= 4 is 39.2 Å². The number of rotatable bonds is 3. The molecule has 0 aliphatic carbocycles. The molecule has 0 atom stereocenters. The fraction of sp³-hybridized carbons (Fsp3) is 0.238. The number of benzene rings is 1. The summed E-state index contributed by atoms with van der Waals surface area (Å²) in [5.41, 5.74) is 8.51. The number of nitrogen functional groups attached to an aromatic ring is 1. The van der Waals surface area contributed by atoms with E-state index in [1.165, 1.54) is 22.6 Å². The molecule has 0 fully saturated rings. The van der Waals surface area contributed by atoms with Gasteiger partial charge in [0.25, 0.3) is 0 Å². The smallest absolute Gasteiger partial charge is 0.412 e. The molecule has 0 saturated carbocycles. The largest absolute Gasteiger partial charge is 0.465 e. The van der Waals surface area contributed by atoms with Crippen LogP contribution < -0.4 is 10.6 Å². The van der Waals surface area contributed by atoms with Crippen molar-refractivity contribution in [3.05, 3.63) is 43.0 Å². The molecule has 154 valence electrons. The second kappa shape index (κ2) is 7.10. The summed E-state index contributed by atoms with van der Waals surface area (Å²) in [5.74, 6) is 0.440. The highest BCUT2D eigenvalue weighted by molar-refractivity contribution is 7.21. The summed E-state index contributed by atoms with van der Waals surface area (Å²) >= 11 is 1.52. The highest BCUT2D eigenvalue weighted by Gasteiger charge is 2.28. The third-order valence-corrected chi connectivity index (χ3v) is 5.82. The molecule has 0 unspecified atom stereocenters. The minimum atomic E-state index is -1.00. The zero-order chi connectivity index (χ0) is 21.6. The number of amides is 1. The van der Waals surface area contributed by atoms with Gasteiger partial charge in [0, 0.05) is 23.8 Å². The monoisotopic (exact) mass is 422 g/mol. The number of hydrogen-bond donors (Lipinski definition) is 2. The van der Waals surface area contributed by atoms with Gasteiger partial charge in [-0.1, -0.05) is 12.1 Å². The van der Waals surface area contributed by atoms with Crippen LogP contribution in [0.15, 0.2) is 43.0 Å². The highest BCUT2D eigenvalue weighted by Crippen LogP contribution is 2.39. The first-order chi connectivity index (χ1) is 14.2. The van der Waals surface area contributed by atoms with Crippen LogP contribution in [0.2, 0.25) is 0 Å². The SMILES string of the molecule is Cn1cnc(-c2cccc(N(C(=O)O)C(C)(C)C)c2)c1-c1cc2c(N)ncnc2s1. The zero-order valence-electron chi connectivity index (χ0n) is 17.1. The van der Waals surface area contributed by atoms with Crippen LogP contribution in [0.3, 0.4) is 0 Å². The molecule has 3 aromatic heterocycles. The average Bonchev–Trinajstić information content (AvgIpc) is 3.24. The van der Waals surface area contributed by atoms with Crippen molar-refractivity contribution in [1.29, 1.82) is 0 Å². The summed E-state index contributed by atoms with van der Waals surface area (Å²) in [6.07, 6.45) is 2.20. The van der Waals surface area contributed by atoms with Gasteiger partial charge in [0.1, 0.15) is 17.0 Å². The molecule has 0 radical (unpaired) electrons. The fourth-order valence-corrected chi connectivity index (χ4v) is 4.60. The number of aromatic nitrogens is 4. The second-order valence-electron chi connectivity index (χ2n) is 7.98. The van der Waals surface area contributed by atoms with E-state index in [1.807, 2.05) is 56.7 Å². The maximum absolute atomic E-state index is 11.9. The lowest BCUT2D eigenvalue weighted by Gasteiger charge is -2.33. The van der Waals surface area contributed by atoms with Gasteiger partial charge in [-0.05, 0) is 39.0 Å². The van der Waals surface area contributed by atoms with E-state index >= 15 is 0 Å². The minimum Gasteiger partial charge on any atom is -0.465 e. The molecule has 3 heterocycles. The zero-order valence-corrected chi connectivity index (χ0v) is 17.9. The van der Waals surface area contributed by atoms with Crippen LogP contribution in [0, 0.1) is 0 Å². The molecule has 1 amide bonds. The van der Waals surface area contributed by atoms with E-state index in [-0.39, 0.29) is 0 Å². The first-order valence-electron chi connectivity index (χ1n) is 9.32. The summed E-state index contributed by atoms with van der Waals surface area (Å²) < 4.78 is 1.94. The predicted octanol–water partition coefficient (Wildman–Crippen LogP) is 4.62. The van der Waals surface area contributed by atoms with Crippen molar-refractivity contribution in [3.8, 4) is 21.8 Å². The summed E-state index contributed by atoms with van der Waals surface area (Å²) in [4.78, 5) is 28.0. The number of aryl methyl sites for hydroxylation is 1. The van der Waals surface area contributed by atoms with Gasteiger partial charge in [0.15, 0.2) is 0 Å². The van der Waals surface area contributed by atoms with E-state index in [0.717, 1.165) is 32.0 Å². The Morgan fingerprint density at radius 3 is 2.63 bits per heavy atom. The average molecular weight is 423 g/mol. The lowest BCUT2D eigenvalue weighted by Crippen LogP contribution is -2.45. The van der Waals surface area contributed by atoms with E-state index in [4.69, 9.17) is 5.73 Å². The van der Waals surface area contributed by atoms with Crippen molar-refractivity contribution in [1.82, 2.24) is 19.5 Å². The van der Waals surface area contributed by atoms with Gasteiger partial charge >= 0.3 is 6.09 Å². The summed E-state index contributed by atoms with van der Waals surface area (Å²) in [6, 6.07) is 9.39. The van der Waals surface area contributed by atoms with Gasteiger partial charge in [-0.25, -0.2) is 19.7 Å². The lowest BCUT2D eigenvalue weighted by atomic mass is 10.0. The number of carboxylic acid groups (broad SMARTS) is 1. The Balaban J connectivity index is 1.85. The van der Waals surface area contributed by atoms with Gasteiger partial charge in [0.2, 0.25) is 0 Å². The Morgan fingerprint density at radius 2 is 1.97 bits per heavy atom. The van der Waals surface area contributed by atoms with Crippen LogP contribution in [-0.4, -0.2) is 36.3 Å². The van der Waals surface area contributed by atoms with E-state index in [9.17, 15) is 9.90 Å². The molecule has 4 aromatic rings. The van der Waals surface area contributed by atoms with E-state index in [2.05, 4.69) is 15.0 Å². The molecule has 0 aliphatic heterocycles. The van der Waals surface area contributed by atoms with Gasteiger partial charge in [0.05, 0.1) is 28.0 Å². The normalized spacial score (nSPS) is 11.7. The molecule has 8 nitrogen and oxygen atoms in total. The number of imidazole rings is 1. The van der Waals surface area contributed by atoms with Crippen molar-refractivity contribution < 1.29 is 9.90 Å². The summed E-state index contributed by atoms with van der Waals surface area (Å²) in [5, 5.41) is 10.6. The number of carbonyl (C=O) groups is 1. The number of hydrogen-bond acceptors (Lipinski definition) is 6. The molecule has 30 heavy (non-hydrogen) atoms. The van der Waals surface area contributed by atoms with Gasteiger partial charge in [-0.15, -0.1) is 11.3 Å². The Labute approximate surface area is 177 Å². The highest BCUT2D eigenvalue weighted by atomic mass is 32.1. The molecule has 0 aliphatic rings. The standard InChI is InChI=1S/C21H22N6O2S/c1-21(2,3)27(20(28)29)13-7-5-6-12(8-13)16-17(26(4)11-25-16)15-9-14-18(22)23-10-24-19(14)30-15/h5-11H,1-4H3,(H,28,29)(H2,22,23,24). The molecule has 3 N–H and O–H groups in total. The molecule has 9 heteroatoms. The van der Waals surface area contributed by atoms with E-state index in [1.54, 1.807) is 12.4 Å². The quantitative estimate of drug-likeness (QED) is 0.498. The molecular formula is C21H22N6O2S. The van der Waals surface area contributed by atoms with Crippen molar-refractivity contribution in [2.45, 2.75) is 26.3 Å². The number of nitrogens with zero attached hydrogens (tertiary/aromatic N) is 5. The molecule has 1 aromatic carbocycles. The molecule has 0 spiro atoms. The van der Waals surface area contributed by atoms with Crippen LogP contribution in [0.5, 0.6) is 0 Å². The van der Waals surface area contributed by atoms with Crippen molar-refractivity contribution in [2.24, 2.45) is 7.05 Å². The maximum Gasteiger partial charge on any atom is 0.412 e. The Bertz CT molecular complexity index is 1250. The van der Waals surface area contributed by atoms with Crippen LogP contribution >= 0.6 is 11.3 Å². The number of nitrogens with two attached hydrogens (primary N) is 1. The van der Waals surface area contributed by atoms with Crippen LogP contribution in [-0.2, 0) is 7.05 Å². The topological polar surface area (TPSA) is 110 Å². The molecule has 4 rings (SSSR count). The third kappa shape index (κ3) is 3.37. The molecular weight excluding hydrogens is 400 g/mol. The van der Waals surface area contributed by atoms with Gasteiger partial charge < -0.3 is 15.4 Å². The fourth-order valence-electron chi connectivity index (χ4n) is 3.50. The first kappa shape index (κ1) is 19.8. The maximum atomic E-state index is 11.9. The van der Waals surface area contributed by atoms with Gasteiger partial charge in [-0.3, -0.25) is 4.90 Å². The lowest BCUT2D eigenvalue weighted by molar-refractivity contribution is 0.195. The van der Waals surface area contributed by atoms with E-state index < -0.39 is 11.6 Å². The van der Waals surface area contributed by atoms with Crippen molar-refractivity contribution in [3.63, 3.8) is 0 Å². The van der Waals surface area contributed by atoms with Crippen LogP contribution in [0.1, 0.15) is 20.8 Å². The second-order valence-corrected chi connectivity index (χ2v) is 9.01. The predicted molar refractivity (Wildman–Crippen MR) is 120 cm³/mol. The number of fused-ring (bicyclic) bond motifs is 1. The van der Waals surface area contributed by atoms with Crippen molar-refractivity contribution in [2.75, 3.05) is 10.6 Å². The third-order valence-electron chi connectivity index (χ3n) is 4.77. The Morgan fingerprint density at radius 1 is 1.20 bits per heavy atom. The Kier molecular flexibility index (Phi) is 4.70. The molecule has 0 saturated heterocycles. The summed E-state index contributed by atoms with van der Waals surface area (Å²) in [6.45, 7) is 5.59. The van der Waals surface area contributed by atoms with Crippen LogP contribution in [0.25, 0.3) is 32.0 Å². The number of anilines is 2. The number of thiophene rings is 1. The van der Waals surface area contributed by atoms with Crippen LogP contribution in [0.4, 0.5) is 16.3 Å².